The standard InChI is InChI=1S/C10H6N8S2/c1-5-7(15-3-13-5)17-9(11-1)19-20-10-12-2-6-8(18-10)16-4-14-6/h1-4H,(H,11,13,15,17)(H,12,14,16,18). The lowest BCUT2D eigenvalue weighted by atomic mass is 10.6. The highest BCUT2D eigenvalue weighted by Gasteiger charge is 2.07. The maximum Gasteiger partial charge on any atom is 0.200 e. The third-order valence-electron chi connectivity index (χ3n) is 2.50. The van der Waals surface area contributed by atoms with E-state index in [-0.39, 0.29) is 0 Å². The minimum Gasteiger partial charge on any atom is -0.342 e. The van der Waals surface area contributed by atoms with Crippen molar-refractivity contribution in [2.45, 2.75) is 10.3 Å². The number of fused-ring (bicyclic) bond motifs is 2. The monoisotopic (exact) mass is 302 g/mol. The maximum absolute atomic E-state index is 4.31. The molecule has 8 nitrogen and oxygen atoms in total. The van der Waals surface area contributed by atoms with Gasteiger partial charge in [-0.25, -0.2) is 19.9 Å². The Kier molecular flexibility index (Phi) is 2.74. The molecule has 20 heavy (non-hydrogen) atoms. The van der Waals surface area contributed by atoms with Gasteiger partial charge in [0.25, 0.3) is 0 Å². The predicted molar refractivity (Wildman–Crippen MR) is 75.1 cm³/mol. The molecular weight excluding hydrogens is 296 g/mol. The summed E-state index contributed by atoms with van der Waals surface area (Å²) in [6.45, 7) is 0. The highest BCUT2D eigenvalue weighted by molar-refractivity contribution is 8.76. The second-order valence-electron chi connectivity index (χ2n) is 3.75. The van der Waals surface area contributed by atoms with E-state index in [1.807, 2.05) is 0 Å². The van der Waals surface area contributed by atoms with Crippen LogP contribution in [0.15, 0.2) is 35.4 Å². The number of hydrogen-bond donors (Lipinski definition) is 2. The molecule has 4 aromatic heterocycles. The third-order valence-corrected chi connectivity index (χ3v) is 4.42. The summed E-state index contributed by atoms with van der Waals surface area (Å²) in [6.07, 6.45) is 6.59. The van der Waals surface area contributed by atoms with Gasteiger partial charge in [-0.15, -0.1) is 0 Å². The number of rotatable bonds is 3. The number of hydrogen-bond acceptors (Lipinski definition) is 8. The summed E-state index contributed by atoms with van der Waals surface area (Å²) >= 11 is 0. The molecule has 0 radical (unpaired) electrons. The van der Waals surface area contributed by atoms with Crippen LogP contribution < -0.4 is 0 Å². The van der Waals surface area contributed by atoms with Crippen molar-refractivity contribution in [3.05, 3.63) is 25.0 Å². The van der Waals surface area contributed by atoms with E-state index < -0.39 is 0 Å². The average molecular weight is 302 g/mol. The van der Waals surface area contributed by atoms with Crippen molar-refractivity contribution in [3.63, 3.8) is 0 Å². The fourth-order valence-electron chi connectivity index (χ4n) is 1.60. The van der Waals surface area contributed by atoms with Gasteiger partial charge in [-0.3, -0.25) is 0 Å². The molecule has 0 aliphatic carbocycles. The molecule has 0 fully saturated rings. The second-order valence-corrected chi connectivity index (χ2v) is 5.82. The molecule has 4 rings (SSSR count). The first-order chi connectivity index (χ1) is 9.88. The SMILES string of the molecule is c1nc2nc(SSc3ncc4[nH]cnc4n3)ncc2[nH]1. The maximum atomic E-state index is 4.31. The van der Waals surface area contributed by atoms with Crippen molar-refractivity contribution >= 4 is 43.9 Å². The molecule has 0 spiro atoms. The van der Waals surface area contributed by atoms with Crippen LogP contribution in [0.2, 0.25) is 0 Å². The predicted octanol–water partition coefficient (Wildman–Crippen LogP) is 1.82. The molecule has 4 aromatic rings. The smallest absolute Gasteiger partial charge is 0.200 e. The fourth-order valence-corrected chi connectivity index (χ4v) is 3.11. The molecule has 0 unspecified atom stereocenters. The van der Waals surface area contributed by atoms with Crippen LogP contribution in [-0.2, 0) is 0 Å². The van der Waals surface area contributed by atoms with Gasteiger partial charge < -0.3 is 9.97 Å². The van der Waals surface area contributed by atoms with Crippen molar-refractivity contribution in [2.24, 2.45) is 0 Å². The zero-order valence-electron chi connectivity index (χ0n) is 9.81. The van der Waals surface area contributed by atoms with Crippen LogP contribution in [-0.4, -0.2) is 39.9 Å². The number of H-pyrrole nitrogens is 2. The van der Waals surface area contributed by atoms with Crippen molar-refractivity contribution < 1.29 is 0 Å². The fraction of sp³-hybridized carbons (Fsp3) is 0. The third kappa shape index (κ3) is 2.08. The van der Waals surface area contributed by atoms with Crippen LogP contribution >= 0.6 is 21.6 Å². The van der Waals surface area contributed by atoms with Gasteiger partial charge in [-0.05, 0) is 21.6 Å². The van der Waals surface area contributed by atoms with Gasteiger partial charge in [0, 0.05) is 0 Å². The van der Waals surface area contributed by atoms with Crippen molar-refractivity contribution in [3.8, 4) is 0 Å². The molecule has 0 amide bonds. The number of nitrogens with one attached hydrogen (secondary N) is 2. The van der Waals surface area contributed by atoms with Crippen molar-refractivity contribution in [1.82, 2.24) is 39.9 Å². The van der Waals surface area contributed by atoms with E-state index in [1.54, 1.807) is 25.0 Å². The summed E-state index contributed by atoms with van der Waals surface area (Å²) < 4.78 is 0. The van der Waals surface area contributed by atoms with E-state index in [9.17, 15) is 0 Å². The Balaban J connectivity index is 1.56. The van der Waals surface area contributed by atoms with Crippen LogP contribution in [0.25, 0.3) is 22.3 Å². The van der Waals surface area contributed by atoms with Crippen LogP contribution in [0.4, 0.5) is 0 Å². The Morgan fingerprint density at radius 2 is 1.20 bits per heavy atom. The molecular formula is C10H6N8S2. The number of nitrogens with zero attached hydrogens (tertiary/aromatic N) is 6. The van der Waals surface area contributed by atoms with Gasteiger partial charge in [0.15, 0.2) is 11.3 Å². The number of imidazole rings is 2. The normalized spacial score (nSPS) is 11.4. The van der Waals surface area contributed by atoms with E-state index in [1.165, 1.54) is 21.6 Å². The summed E-state index contributed by atoms with van der Waals surface area (Å²) in [6, 6.07) is 0. The number of aromatic nitrogens is 8. The lowest BCUT2D eigenvalue weighted by Crippen LogP contribution is -1.87. The zero-order valence-corrected chi connectivity index (χ0v) is 11.4. The molecule has 4 heterocycles. The molecule has 10 heteroatoms. The summed E-state index contributed by atoms with van der Waals surface area (Å²) in [5.74, 6) is 0. The van der Waals surface area contributed by atoms with Crippen LogP contribution in [0.5, 0.6) is 0 Å². The molecule has 2 N–H and O–H groups in total. The highest BCUT2D eigenvalue weighted by Crippen LogP contribution is 2.33. The van der Waals surface area contributed by atoms with Gasteiger partial charge in [0.05, 0.1) is 25.0 Å². The highest BCUT2D eigenvalue weighted by atomic mass is 33.1. The van der Waals surface area contributed by atoms with Crippen molar-refractivity contribution in [2.75, 3.05) is 0 Å². The quantitative estimate of drug-likeness (QED) is 0.435. The minimum absolute atomic E-state index is 0.611. The van der Waals surface area contributed by atoms with Crippen LogP contribution in [0.1, 0.15) is 0 Å². The number of aromatic amines is 2. The first kappa shape index (κ1) is 11.6. The van der Waals surface area contributed by atoms with E-state index in [0.717, 1.165) is 11.0 Å². The lowest BCUT2D eigenvalue weighted by molar-refractivity contribution is 0.993. The average Bonchev–Trinajstić information content (AvgIpc) is 3.12. The van der Waals surface area contributed by atoms with Gasteiger partial charge in [-0.2, -0.15) is 9.97 Å². The molecule has 0 aliphatic rings. The summed E-state index contributed by atoms with van der Waals surface area (Å²) in [5, 5.41) is 1.22. The van der Waals surface area contributed by atoms with Crippen LogP contribution in [0, 0.1) is 0 Å². The largest absolute Gasteiger partial charge is 0.342 e. The van der Waals surface area contributed by atoms with Gasteiger partial charge in [0.1, 0.15) is 11.0 Å². The zero-order chi connectivity index (χ0) is 13.4. The summed E-state index contributed by atoms with van der Waals surface area (Å²) in [7, 11) is 2.76. The molecule has 0 bridgehead atoms. The van der Waals surface area contributed by atoms with E-state index >= 15 is 0 Å². The van der Waals surface area contributed by atoms with Gasteiger partial charge in [-0.1, -0.05) is 0 Å². The summed E-state index contributed by atoms with van der Waals surface area (Å²) in [5.41, 5.74) is 2.92. The summed E-state index contributed by atoms with van der Waals surface area (Å²) in [4.78, 5) is 31.2. The first-order valence-corrected chi connectivity index (χ1v) is 7.70. The molecule has 0 aromatic carbocycles. The Bertz CT molecular complexity index is 811. The van der Waals surface area contributed by atoms with E-state index in [2.05, 4.69) is 39.9 Å². The molecule has 0 atom stereocenters. The van der Waals surface area contributed by atoms with E-state index in [0.29, 0.717) is 21.6 Å². The molecule has 98 valence electrons. The van der Waals surface area contributed by atoms with Crippen LogP contribution in [0.3, 0.4) is 0 Å². The Morgan fingerprint density at radius 3 is 1.70 bits per heavy atom. The first-order valence-electron chi connectivity index (χ1n) is 5.55. The van der Waals surface area contributed by atoms with Gasteiger partial charge >= 0.3 is 0 Å². The Morgan fingerprint density at radius 1 is 0.700 bits per heavy atom. The Hall–Kier alpha value is -2.20. The Labute approximate surface area is 119 Å². The minimum atomic E-state index is 0.611. The molecule has 0 aliphatic heterocycles. The van der Waals surface area contributed by atoms with Gasteiger partial charge in [0.2, 0.25) is 10.3 Å². The topological polar surface area (TPSA) is 109 Å². The second kappa shape index (κ2) is 4.72. The van der Waals surface area contributed by atoms with Crippen molar-refractivity contribution in [1.29, 1.82) is 0 Å². The molecule has 0 saturated heterocycles. The molecule has 0 saturated carbocycles. The lowest BCUT2D eigenvalue weighted by Gasteiger charge is -1.98. The van der Waals surface area contributed by atoms with E-state index in [4.69, 9.17) is 0 Å².